The third-order valence-electron chi connectivity index (χ3n) is 4.75. The van der Waals surface area contributed by atoms with E-state index in [0.717, 1.165) is 12.3 Å². The minimum absolute atomic E-state index is 0.105. The highest BCUT2D eigenvalue weighted by Gasteiger charge is 2.31. The Bertz CT molecular complexity index is 985. The second kappa shape index (κ2) is 7.10. The van der Waals surface area contributed by atoms with Gasteiger partial charge in [0.2, 0.25) is 0 Å². The van der Waals surface area contributed by atoms with Crippen molar-refractivity contribution in [3.63, 3.8) is 0 Å². The third kappa shape index (κ3) is 3.62. The lowest BCUT2D eigenvalue weighted by Crippen LogP contribution is -2.35. The van der Waals surface area contributed by atoms with Crippen molar-refractivity contribution < 1.29 is 18.0 Å². The summed E-state index contributed by atoms with van der Waals surface area (Å²) in [5.74, 6) is 0.374. The monoisotopic (exact) mass is 390 g/mol. The first kappa shape index (κ1) is 18.2. The predicted molar refractivity (Wildman–Crippen MR) is 95.9 cm³/mol. The number of H-pyrrole nitrogens is 1. The van der Waals surface area contributed by atoms with Gasteiger partial charge in [-0.15, -0.1) is 0 Å². The minimum atomic E-state index is -4.40. The maximum Gasteiger partial charge on any atom is 0.417 e. The van der Waals surface area contributed by atoms with Crippen molar-refractivity contribution in [2.24, 2.45) is 0 Å². The molecule has 1 aliphatic rings. The number of carbonyl (C=O) groups is 1. The van der Waals surface area contributed by atoms with E-state index in [0.29, 0.717) is 55.0 Å². The van der Waals surface area contributed by atoms with E-state index in [4.69, 9.17) is 0 Å². The highest BCUT2D eigenvalue weighted by atomic mass is 19.4. The van der Waals surface area contributed by atoms with Gasteiger partial charge in [-0.05, 0) is 36.8 Å². The van der Waals surface area contributed by atoms with Gasteiger partial charge in [-0.2, -0.15) is 28.6 Å². The van der Waals surface area contributed by atoms with E-state index in [-0.39, 0.29) is 5.91 Å². The van der Waals surface area contributed by atoms with Crippen LogP contribution in [-0.2, 0) is 6.18 Å². The molecular weight excluding hydrogens is 373 g/mol. The van der Waals surface area contributed by atoms with Crippen LogP contribution in [0.1, 0.15) is 22.3 Å². The molecule has 2 aromatic heterocycles. The summed E-state index contributed by atoms with van der Waals surface area (Å²) in [5, 5.41) is 10.5. The Morgan fingerprint density at radius 3 is 2.57 bits per heavy atom. The number of pyridine rings is 1. The number of anilines is 1. The predicted octanol–water partition coefficient (Wildman–Crippen LogP) is 2.72. The molecule has 0 spiro atoms. The molecule has 1 amide bonds. The number of benzene rings is 1. The SMILES string of the molecule is O=C(c1ccc2n[nH]nc2c1)N1CCCN(c2ccc(C(F)(F)F)cn2)CC1. The number of halogens is 3. The number of carbonyl (C=O) groups excluding carboxylic acids is 1. The zero-order chi connectivity index (χ0) is 19.7. The molecule has 146 valence electrons. The Kier molecular flexibility index (Phi) is 4.62. The van der Waals surface area contributed by atoms with Gasteiger partial charge >= 0.3 is 6.18 Å². The largest absolute Gasteiger partial charge is 0.417 e. The topological polar surface area (TPSA) is 78.0 Å². The number of nitrogens with one attached hydrogen (secondary N) is 1. The molecule has 0 atom stereocenters. The Labute approximate surface area is 158 Å². The smallest absolute Gasteiger partial charge is 0.355 e. The number of fused-ring (bicyclic) bond motifs is 1. The molecule has 10 heteroatoms. The number of aromatic amines is 1. The maximum absolute atomic E-state index is 12.8. The molecule has 0 saturated carbocycles. The van der Waals surface area contributed by atoms with Crippen LogP contribution in [0.15, 0.2) is 36.5 Å². The van der Waals surface area contributed by atoms with Gasteiger partial charge in [0.05, 0.1) is 5.56 Å². The van der Waals surface area contributed by atoms with E-state index in [1.807, 2.05) is 4.90 Å². The fourth-order valence-corrected chi connectivity index (χ4v) is 3.25. The lowest BCUT2D eigenvalue weighted by atomic mass is 10.1. The highest BCUT2D eigenvalue weighted by molar-refractivity contribution is 5.97. The van der Waals surface area contributed by atoms with Crippen molar-refractivity contribution in [1.29, 1.82) is 0 Å². The fraction of sp³-hybridized carbons (Fsp3) is 0.333. The zero-order valence-electron chi connectivity index (χ0n) is 14.8. The van der Waals surface area contributed by atoms with Gasteiger partial charge in [-0.25, -0.2) is 4.98 Å². The van der Waals surface area contributed by atoms with Crippen LogP contribution in [0.3, 0.4) is 0 Å². The molecular formula is C18H17F3N6O. The summed E-state index contributed by atoms with van der Waals surface area (Å²) in [6.45, 7) is 2.13. The number of rotatable bonds is 2. The molecule has 4 rings (SSSR count). The van der Waals surface area contributed by atoms with Crippen LogP contribution in [0.5, 0.6) is 0 Å². The molecule has 0 aliphatic carbocycles. The third-order valence-corrected chi connectivity index (χ3v) is 4.75. The normalized spacial score (nSPS) is 15.7. The van der Waals surface area contributed by atoms with E-state index in [1.54, 1.807) is 23.1 Å². The Morgan fingerprint density at radius 1 is 1.00 bits per heavy atom. The van der Waals surface area contributed by atoms with E-state index < -0.39 is 11.7 Å². The summed E-state index contributed by atoms with van der Waals surface area (Å²) in [6, 6.07) is 7.55. The summed E-state index contributed by atoms with van der Waals surface area (Å²) in [7, 11) is 0. The quantitative estimate of drug-likeness (QED) is 0.728. The van der Waals surface area contributed by atoms with Crippen LogP contribution in [0.25, 0.3) is 11.0 Å². The van der Waals surface area contributed by atoms with E-state index in [2.05, 4.69) is 20.4 Å². The number of hydrogen-bond acceptors (Lipinski definition) is 5. The van der Waals surface area contributed by atoms with Crippen LogP contribution in [0.4, 0.5) is 19.0 Å². The Hall–Kier alpha value is -3.17. The average molecular weight is 390 g/mol. The minimum Gasteiger partial charge on any atom is -0.355 e. The van der Waals surface area contributed by atoms with Gasteiger partial charge < -0.3 is 9.80 Å². The van der Waals surface area contributed by atoms with Gasteiger partial charge in [0.1, 0.15) is 16.9 Å². The molecule has 1 saturated heterocycles. The van der Waals surface area contributed by atoms with Crippen molar-refractivity contribution in [1.82, 2.24) is 25.3 Å². The van der Waals surface area contributed by atoms with Gasteiger partial charge in [0.25, 0.3) is 5.91 Å². The summed E-state index contributed by atoms with van der Waals surface area (Å²) >= 11 is 0. The lowest BCUT2D eigenvalue weighted by Gasteiger charge is -2.23. The van der Waals surface area contributed by atoms with E-state index in [1.165, 1.54) is 6.07 Å². The van der Waals surface area contributed by atoms with Crippen LogP contribution in [0.2, 0.25) is 0 Å². The maximum atomic E-state index is 12.8. The van der Waals surface area contributed by atoms with E-state index >= 15 is 0 Å². The van der Waals surface area contributed by atoms with Gasteiger partial charge in [0, 0.05) is 37.9 Å². The summed E-state index contributed by atoms with van der Waals surface area (Å²) in [5.41, 5.74) is 1.07. The summed E-state index contributed by atoms with van der Waals surface area (Å²) in [6.07, 6.45) is -2.87. The molecule has 1 aliphatic heterocycles. The van der Waals surface area contributed by atoms with Gasteiger partial charge in [-0.1, -0.05) is 0 Å². The molecule has 28 heavy (non-hydrogen) atoms. The van der Waals surface area contributed by atoms with Crippen molar-refractivity contribution in [3.05, 3.63) is 47.7 Å². The fourth-order valence-electron chi connectivity index (χ4n) is 3.25. The molecule has 7 nitrogen and oxygen atoms in total. The first-order valence-electron chi connectivity index (χ1n) is 8.80. The second-order valence-electron chi connectivity index (χ2n) is 6.56. The first-order chi connectivity index (χ1) is 13.4. The van der Waals surface area contributed by atoms with E-state index in [9.17, 15) is 18.0 Å². The standard InChI is InChI=1S/C18H17F3N6O/c19-18(20,21)13-3-5-16(22-11-13)26-6-1-7-27(9-8-26)17(28)12-2-4-14-15(10-12)24-25-23-14/h2-5,10-11H,1,6-9H2,(H,23,24,25). The molecule has 0 bridgehead atoms. The van der Waals surface area contributed by atoms with Crippen LogP contribution in [-0.4, -0.2) is 57.4 Å². The van der Waals surface area contributed by atoms with Crippen molar-refractivity contribution in [2.45, 2.75) is 12.6 Å². The second-order valence-corrected chi connectivity index (χ2v) is 6.56. The first-order valence-corrected chi connectivity index (χ1v) is 8.80. The van der Waals surface area contributed by atoms with Gasteiger partial charge in [0.15, 0.2) is 0 Å². The number of amides is 1. The zero-order valence-corrected chi connectivity index (χ0v) is 14.8. The Balaban J connectivity index is 1.45. The van der Waals surface area contributed by atoms with Crippen molar-refractivity contribution in [3.8, 4) is 0 Å². The summed E-state index contributed by atoms with van der Waals surface area (Å²) < 4.78 is 38.1. The molecule has 3 aromatic rings. The van der Waals surface area contributed by atoms with Crippen molar-refractivity contribution >= 4 is 22.8 Å². The molecule has 0 unspecified atom stereocenters. The number of aromatic nitrogens is 4. The number of alkyl halides is 3. The highest BCUT2D eigenvalue weighted by Crippen LogP contribution is 2.29. The Morgan fingerprint density at radius 2 is 1.82 bits per heavy atom. The van der Waals surface area contributed by atoms with Crippen molar-refractivity contribution in [2.75, 3.05) is 31.1 Å². The number of hydrogen-bond donors (Lipinski definition) is 1. The molecule has 1 fully saturated rings. The van der Waals surface area contributed by atoms with Crippen LogP contribution in [0, 0.1) is 0 Å². The molecule has 3 heterocycles. The lowest BCUT2D eigenvalue weighted by molar-refractivity contribution is -0.137. The van der Waals surface area contributed by atoms with Crippen LogP contribution >= 0.6 is 0 Å². The number of nitrogens with zero attached hydrogens (tertiary/aromatic N) is 5. The molecule has 0 radical (unpaired) electrons. The average Bonchev–Trinajstić information content (AvgIpc) is 3.01. The molecule has 1 aromatic carbocycles. The summed E-state index contributed by atoms with van der Waals surface area (Å²) in [4.78, 5) is 20.4. The molecule has 1 N–H and O–H groups in total. The van der Waals surface area contributed by atoms with Gasteiger partial charge in [-0.3, -0.25) is 4.79 Å². The van der Waals surface area contributed by atoms with Crippen LogP contribution < -0.4 is 4.90 Å².